The average molecular weight is 250 g/mol. The predicted octanol–water partition coefficient (Wildman–Crippen LogP) is 1.37. The Hall–Kier alpha value is -2.31. The van der Waals surface area contributed by atoms with E-state index >= 15 is 0 Å². The summed E-state index contributed by atoms with van der Waals surface area (Å²) in [5.74, 6) is 0.895. The van der Waals surface area contributed by atoms with Gasteiger partial charge in [0.15, 0.2) is 0 Å². The van der Waals surface area contributed by atoms with Gasteiger partial charge in [0.25, 0.3) is 0 Å². The van der Waals surface area contributed by atoms with Crippen LogP contribution in [0.3, 0.4) is 0 Å². The fraction of sp³-hybridized carbons (Fsp3) is 0.364. The van der Waals surface area contributed by atoms with E-state index in [2.05, 4.69) is 20.5 Å². The number of aryl methyl sites for hydroxylation is 1. The molecule has 2 N–H and O–H groups in total. The number of ether oxygens (including phenoxy) is 1. The summed E-state index contributed by atoms with van der Waals surface area (Å²) in [5.41, 5.74) is 0. The average Bonchev–Trinajstić information content (AvgIpc) is 2.99. The molecule has 0 aromatic carbocycles. The number of anilines is 1. The molecule has 0 atom stereocenters. The first kappa shape index (κ1) is 12.2. The highest BCUT2D eigenvalue weighted by Gasteiger charge is 2.08. The lowest BCUT2D eigenvalue weighted by Gasteiger charge is -1.99. The Morgan fingerprint density at radius 2 is 2.50 bits per heavy atom. The number of aromatic amines is 1. The van der Waals surface area contributed by atoms with E-state index in [0.717, 1.165) is 5.76 Å². The Morgan fingerprint density at radius 3 is 3.22 bits per heavy atom. The lowest BCUT2D eigenvalue weighted by molar-refractivity contribution is -0.116. The molecular weight excluding hydrogens is 236 g/mol. The minimum Gasteiger partial charge on any atom is -0.469 e. The largest absolute Gasteiger partial charge is 0.469 e. The Kier molecular flexibility index (Phi) is 3.95. The van der Waals surface area contributed by atoms with Crippen LogP contribution in [0.25, 0.3) is 0 Å². The van der Waals surface area contributed by atoms with Gasteiger partial charge in [-0.3, -0.25) is 10.1 Å². The van der Waals surface area contributed by atoms with Gasteiger partial charge in [0, 0.05) is 12.8 Å². The third-order valence-electron chi connectivity index (χ3n) is 2.17. The second-order valence-electron chi connectivity index (χ2n) is 3.53. The van der Waals surface area contributed by atoms with Gasteiger partial charge in [-0.2, -0.15) is 4.98 Å². The lowest BCUT2D eigenvalue weighted by Crippen LogP contribution is -2.13. The number of H-pyrrole nitrogens is 1. The standard InChI is InChI=1S/C11H14N4O3/c1-2-17-11-13-10(14-15-11)12-9(16)6-5-8-4-3-7-18-8/h3-4,7H,2,5-6H2,1H3,(H2,12,13,14,15,16). The van der Waals surface area contributed by atoms with Crippen LogP contribution in [0, 0.1) is 0 Å². The topological polar surface area (TPSA) is 93.0 Å². The molecule has 0 saturated heterocycles. The van der Waals surface area contributed by atoms with E-state index < -0.39 is 0 Å². The molecule has 2 heterocycles. The molecule has 2 rings (SSSR count). The highest BCUT2D eigenvalue weighted by atomic mass is 16.5. The minimum atomic E-state index is -0.161. The summed E-state index contributed by atoms with van der Waals surface area (Å²) in [7, 11) is 0. The second-order valence-corrected chi connectivity index (χ2v) is 3.53. The molecule has 2 aromatic heterocycles. The van der Waals surface area contributed by atoms with Crippen LogP contribution < -0.4 is 10.1 Å². The number of aromatic nitrogens is 3. The molecule has 96 valence electrons. The molecule has 0 spiro atoms. The number of amides is 1. The molecule has 0 aliphatic rings. The number of carbonyl (C=O) groups is 1. The van der Waals surface area contributed by atoms with Crippen LogP contribution in [0.5, 0.6) is 6.01 Å². The Balaban J connectivity index is 1.79. The predicted molar refractivity (Wildman–Crippen MR) is 63.2 cm³/mol. The number of rotatable bonds is 6. The number of hydrogen-bond acceptors (Lipinski definition) is 5. The van der Waals surface area contributed by atoms with Crippen molar-refractivity contribution in [1.82, 2.24) is 15.2 Å². The van der Waals surface area contributed by atoms with Crippen LogP contribution in [0.15, 0.2) is 22.8 Å². The summed E-state index contributed by atoms with van der Waals surface area (Å²) >= 11 is 0. The van der Waals surface area contributed by atoms with Crippen molar-refractivity contribution >= 4 is 11.9 Å². The molecular formula is C11H14N4O3. The lowest BCUT2D eigenvalue weighted by atomic mass is 10.2. The van der Waals surface area contributed by atoms with Crippen molar-refractivity contribution in [3.63, 3.8) is 0 Å². The van der Waals surface area contributed by atoms with E-state index in [4.69, 9.17) is 9.15 Å². The monoisotopic (exact) mass is 250 g/mol. The zero-order valence-corrected chi connectivity index (χ0v) is 9.97. The van der Waals surface area contributed by atoms with Crippen LogP contribution in [0.2, 0.25) is 0 Å². The molecule has 1 amide bonds. The highest BCUT2D eigenvalue weighted by molar-refractivity contribution is 5.88. The van der Waals surface area contributed by atoms with Gasteiger partial charge in [0.05, 0.1) is 12.9 Å². The Morgan fingerprint density at radius 1 is 1.61 bits per heavy atom. The van der Waals surface area contributed by atoms with E-state index in [9.17, 15) is 4.79 Å². The molecule has 0 fully saturated rings. The van der Waals surface area contributed by atoms with Gasteiger partial charge in [-0.05, 0) is 19.1 Å². The molecule has 18 heavy (non-hydrogen) atoms. The summed E-state index contributed by atoms with van der Waals surface area (Å²) in [6.07, 6.45) is 2.45. The van der Waals surface area contributed by atoms with E-state index in [-0.39, 0.29) is 17.9 Å². The summed E-state index contributed by atoms with van der Waals surface area (Å²) in [6, 6.07) is 3.84. The van der Waals surface area contributed by atoms with E-state index in [1.54, 1.807) is 12.3 Å². The smallest absolute Gasteiger partial charge is 0.337 e. The number of hydrogen-bond donors (Lipinski definition) is 2. The van der Waals surface area contributed by atoms with Gasteiger partial charge in [-0.1, -0.05) is 0 Å². The quantitative estimate of drug-likeness (QED) is 0.807. The molecule has 7 heteroatoms. The zero-order chi connectivity index (χ0) is 12.8. The van der Waals surface area contributed by atoms with Crippen molar-refractivity contribution in [1.29, 1.82) is 0 Å². The van der Waals surface area contributed by atoms with Gasteiger partial charge in [-0.15, -0.1) is 5.10 Å². The number of nitrogens with one attached hydrogen (secondary N) is 2. The third kappa shape index (κ3) is 3.34. The first-order valence-electron chi connectivity index (χ1n) is 5.65. The van der Waals surface area contributed by atoms with Crippen LogP contribution >= 0.6 is 0 Å². The second kappa shape index (κ2) is 5.85. The van der Waals surface area contributed by atoms with Crippen molar-refractivity contribution in [3.05, 3.63) is 24.2 Å². The highest BCUT2D eigenvalue weighted by Crippen LogP contribution is 2.07. The van der Waals surface area contributed by atoms with Gasteiger partial charge < -0.3 is 9.15 Å². The van der Waals surface area contributed by atoms with Gasteiger partial charge in [0.2, 0.25) is 11.9 Å². The molecule has 2 aromatic rings. The van der Waals surface area contributed by atoms with Gasteiger partial charge in [-0.25, -0.2) is 5.10 Å². The maximum Gasteiger partial charge on any atom is 0.337 e. The third-order valence-corrected chi connectivity index (χ3v) is 2.17. The zero-order valence-electron chi connectivity index (χ0n) is 9.97. The van der Waals surface area contributed by atoms with Crippen molar-refractivity contribution in [2.24, 2.45) is 0 Å². The summed E-state index contributed by atoms with van der Waals surface area (Å²) in [5, 5.41) is 8.94. The van der Waals surface area contributed by atoms with Crippen molar-refractivity contribution < 1.29 is 13.9 Å². The van der Waals surface area contributed by atoms with Crippen LogP contribution in [0.1, 0.15) is 19.1 Å². The molecule has 0 aliphatic heterocycles. The van der Waals surface area contributed by atoms with Gasteiger partial charge in [0.1, 0.15) is 5.76 Å². The van der Waals surface area contributed by atoms with E-state index in [1.807, 2.05) is 13.0 Å². The molecule has 0 aliphatic carbocycles. The Bertz CT molecular complexity index is 492. The SMILES string of the molecule is CCOc1n[nH]c(NC(=O)CCc2ccco2)n1. The number of nitrogens with zero attached hydrogens (tertiary/aromatic N) is 2. The minimum absolute atomic E-state index is 0.161. The van der Waals surface area contributed by atoms with Crippen molar-refractivity contribution in [2.75, 3.05) is 11.9 Å². The van der Waals surface area contributed by atoms with Gasteiger partial charge >= 0.3 is 6.01 Å². The first-order chi connectivity index (χ1) is 8.78. The number of furan rings is 1. The van der Waals surface area contributed by atoms with E-state index in [1.165, 1.54) is 0 Å². The first-order valence-corrected chi connectivity index (χ1v) is 5.65. The molecule has 0 unspecified atom stereocenters. The van der Waals surface area contributed by atoms with Crippen LogP contribution in [-0.4, -0.2) is 27.7 Å². The van der Waals surface area contributed by atoms with Crippen LogP contribution in [-0.2, 0) is 11.2 Å². The Labute approximate surface area is 104 Å². The van der Waals surface area contributed by atoms with Crippen LogP contribution in [0.4, 0.5) is 5.95 Å². The summed E-state index contributed by atoms with van der Waals surface area (Å²) in [6.45, 7) is 2.31. The fourth-order valence-corrected chi connectivity index (χ4v) is 1.38. The summed E-state index contributed by atoms with van der Waals surface area (Å²) in [4.78, 5) is 15.5. The normalized spacial score (nSPS) is 10.3. The molecule has 7 nitrogen and oxygen atoms in total. The summed E-state index contributed by atoms with van der Waals surface area (Å²) < 4.78 is 10.2. The maximum atomic E-state index is 11.6. The fourth-order valence-electron chi connectivity index (χ4n) is 1.38. The number of carbonyl (C=O) groups excluding carboxylic acids is 1. The molecule has 0 radical (unpaired) electrons. The maximum absolute atomic E-state index is 11.6. The molecule has 0 saturated carbocycles. The van der Waals surface area contributed by atoms with Crippen molar-refractivity contribution in [3.8, 4) is 6.01 Å². The molecule has 0 bridgehead atoms. The van der Waals surface area contributed by atoms with E-state index in [0.29, 0.717) is 19.4 Å². The van der Waals surface area contributed by atoms with Crippen molar-refractivity contribution in [2.45, 2.75) is 19.8 Å².